The van der Waals surface area contributed by atoms with Gasteiger partial charge in [-0.15, -0.1) is 0 Å². The normalized spacial score (nSPS) is 23.3. The summed E-state index contributed by atoms with van der Waals surface area (Å²) in [4.78, 5) is 45.7. The summed E-state index contributed by atoms with van der Waals surface area (Å²) in [7, 11) is 1.35. The first-order chi connectivity index (χ1) is 20.4. The number of rotatable bonds is 5. The Morgan fingerprint density at radius 1 is 0.905 bits per heavy atom. The molecule has 7 heteroatoms. The summed E-state index contributed by atoms with van der Waals surface area (Å²) in [6.07, 6.45) is 3.73. The number of nitrogens with one attached hydrogen (secondary N) is 1. The highest BCUT2D eigenvalue weighted by Crippen LogP contribution is 2.62. The van der Waals surface area contributed by atoms with Crippen molar-refractivity contribution in [2.24, 2.45) is 5.92 Å². The van der Waals surface area contributed by atoms with Gasteiger partial charge in [-0.05, 0) is 54.0 Å². The first kappa shape index (κ1) is 25.9. The SMILES string of the molecule is COc1ccc(C(=O)[C@@H]2[C@H](C(=O)c3ccc(C)cc3)N3C=Cc4ccccc4[C@@H]3[C@]23C(=O)Nc2ccccc23)cc1F. The number of Topliss-reactive ketones (excluding diaryl/α,β-unsaturated/α-hetero) is 2. The van der Waals surface area contributed by atoms with Crippen LogP contribution in [0.1, 0.15) is 49.0 Å². The first-order valence-electron chi connectivity index (χ1n) is 13.8. The molecule has 3 aliphatic rings. The maximum atomic E-state index is 15.0. The second kappa shape index (κ2) is 9.52. The molecule has 6 nitrogen and oxygen atoms in total. The number of methoxy groups -OCH3 is 1. The van der Waals surface area contributed by atoms with Crippen LogP contribution in [0.25, 0.3) is 6.08 Å². The summed E-state index contributed by atoms with van der Waals surface area (Å²) < 4.78 is 20.1. The van der Waals surface area contributed by atoms with E-state index >= 15 is 0 Å². The number of carbonyl (C=O) groups excluding carboxylic acids is 3. The third kappa shape index (κ3) is 3.52. The number of hydrogen-bond acceptors (Lipinski definition) is 5. The predicted molar refractivity (Wildman–Crippen MR) is 157 cm³/mol. The van der Waals surface area contributed by atoms with E-state index < -0.39 is 35.0 Å². The number of carbonyl (C=O) groups is 3. The van der Waals surface area contributed by atoms with Gasteiger partial charge >= 0.3 is 0 Å². The van der Waals surface area contributed by atoms with Crippen LogP contribution in [0.2, 0.25) is 0 Å². The van der Waals surface area contributed by atoms with Crippen molar-refractivity contribution >= 4 is 29.2 Å². The highest BCUT2D eigenvalue weighted by Gasteiger charge is 2.70. The minimum Gasteiger partial charge on any atom is -0.494 e. The monoisotopic (exact) mass is 558 g/mol. The molecule has 3 heterocycles. The summed E-state index contributed by atoms with van der Waals surface area (Å²) in [5.41, 5.74) is 2.98. The molecule has 1 N–H and O–H groups in total. The van der Waals surface area contributed by atoms with Gasteiger partial charge < -0.3 is 15.0 Å². The molecule has 0 radical (unpaired) electrons. The largest absolute Gasteiger partial charge is 0.494 e. The highest BCUT2D eigenvalue weighted by molar-refractivity contribution is 6.16. The van der Waals surface area contributed by atoms with Crippen LogP contribution in [0, 0.1) is 18.7 Å². The Kier molecular flexibility index (Phi) is 5.87. The lowest BCUT2D eigenvalue weighted by Crippen LogP contribution is -2.49. The lowest BCUT2D eigenvalue weighted by atomic mass is 9.62. The van der Waals surface area contributed by atoms with Crippen molar-refractivity contribution in [1.82, 2.24) is 4.90 Å². The minimum atomic E-state index is -1.48. The van der Waals surface area contributed by atoms with E-state index in [9.17, 15) is 18.8 Å². The Bertz CT molecular complexity index is 1810. The zero-order valence-electron chi connectivity index (χ0n) is 23.0. The molecule has 4 atom stereocenters. The van der Waals surface area contributed by atoms with Crippen molar-refractivity contribution < 1.29 is 23.5 Å². The molecular formula is C35H27FN2O4. The van der Waals surface area contributed by atoms with Crippen molar-refractivity contribution in [2.75, 3.05) is 12.4 Å². The predicted octanol–water partition coefficient (Wildman–Crippen LogP) is 6.12. The molecule has 1 saturated heterocycles. The van der Waals surface area contributed by atoms with Gasteiger partial charge in [-0.2, -0.15) is 0 Å². The standard InChI is InChI=1S/C35H27FN2O4/c1-20-11-13-22(14-12-20)32(40)30-29(31(39)23-15-16-28(42-2)26(36)19-23)35(25-9-5-6-10-27(25)37-34(35)41)33-24-8-4-3-7-21(24)17-18-38(30)33/h3-19,29-30,33H,1-2H3,(H,37,41)/t29-,30+,33+,35+/m0/s1. The molecule has 1 amide bonds. The molecule has 208 valence electrons. The molecular weight excluding hydrogens is 531 g/mol. The summed E-state index contributed by atoms with van der Waals surface area (Å²) in [5, 5.41) is 3.02. The Balaban J connectivity index is 1.52. The number of para-hydroxylation sites is 1. The van der Waals surface area contributed by atoms with E-state index in [2.05, 4.69) is 5.32 Å². The first-order valence-corrected chi connectivity index (χ1v) is 13.8. The number of benzene rings is 4. The molecule has 0 aromatic heterocycles. The van der Waals surface area contributed by atoms with Crippen LogP contribution in [0.3, 0.4) is 0 Å². The number of anilines is 1. The van der Waals surface area contributed by atoms with Crippen molar-refractivity contribution in [2.45, 2.75) is 24.4 Å². The van der Waals surface area contributed by atoms with Crippen LogP contribution in [0.15, 0.2) is 97.2 Å². The Labute approximate surface area is 242 Å². The summed E-state index contributed by atoms with van der Waals surface area (Å²) in [5.74, 6) is -3.02. The van der Waals surface area contributed by atoms with Gasteiger partial charge in [-0.3, -0.25) is 14.4 Å². The Hall–Kier alpha value is -5.04. The summed E-state index contributed by atoms with van der Waals surface area (Å²) >= 11 is 0. The minimum absolute atomic E-state index is 0.00166. The number of hydrogen-bond donors (Lipinski definition) is 1. The van der Waals surface area contributed by atoms with Gasteiger partial charge in [0.25, 0.3) is 0 Å². The Morgan fingerprint density at radius 2 is 1.62 bits per heavy atom. The molecule has 4 aromatic carbocycles. The second-order valence-electron chi connectivity index (χ2n) is 11.0. The molecule has 0 saturated carbocycles. The number of fused-ring (bicyclic) bond motifs is 6. The van der Waals surface area contributed by atoms with Gasteiger partial charge in [0.1, 0.15) is 11.5 Å². The van der Waals surface area contributed by atoms with Crippen molar-refractivity contribution in [3.05, 3.63) is 136 Å². The third-order valence-corrected chi connectivity index (χ3v) is 8.89. The van der Waals surface area contributed by atoms with E-state index in [1.165, 1.54) is 19.2 Å². The molecule has 42 heavy (non-hydrogen) atoms. The van der Waals surface area contributed by atoms with E-state index in [0.29, 0.717) is 16.8 Å². The lowest BCUT2D eigenvalue weighted by Gasteiger charge is -2.38. The third-order valence-electron chi connectivity index (χ3n) is 8.89. The van der Waals surface area contributed by atoms with E-state index in [-0.39, 0.29) is 23.0 Å². The quantitative estimate of drug-likeness (QED) is 0.299. The average Bonchev–Trinajstić information content (AvgIpc) is 3.49. The van der Waals surface area contributed by atoms with Gasteiger partial charge in [-0.25, -0.2) is 4.39 Å². The number of aryl methyl sites for hydroxylation is 1. The van der Waals surface area contributed by atoms with Crippen LogP contribution in [0.5, 0.6) is 5.75 Å². The molecule has 7 rings (SSSR count). The molecule has 0 unspecified atom stereocenters. The fourth-order valence-corrected chi connectivity index (χ4v) is 7.06. The smallest absolute Gasteiger partial charge is 0.238 e. The number of ketones is 2. The zero-order valence-corrected chi connectivity index (χ0v) is 23.0. The van der Waals surface area contributed by atoms with Crippen LogP contribution in [0.4, 0.5) is 10.1 Å². The van der Waals surface area contributed by atoms with Crippen LogP contribution < -0.4 is 10.1 Å². The summed E-state index contributed by atoms with van der Waals surface area (Å²) in [6, 6.07) is 24.5. The van der Waals surface area contributed by atoms with Crippen molar-refractivity contribution in [1.29, 1.82) is 0 Å². The van der Waals surface area contributed by atoms with Crippen molar-refractivity contribution in [3.8, 4) is 5.75 Å². The van der Waals surface area contributed by atoms with E-state index in [4.69, 9.17) is 4.74 Å². The molecule has 1 spiro atoms. The number of halogens is 1. The van der Waals surface area contributed by atoms with Crippen molar-refractivity contribution in [3.63, 3.8) is 0 Å². The highest BCUT2D eigenvalue weighted by atomic mass is 19.1. The molecule has 1 fully saturated rings. The number of ether oxygens (including phenoxy) is 1. The van der Waals surface area contributed by atoms with Crippen LogP contribution in [-0.2, 0) is 10.2 Å². The molecule has 4 aromatic rings. The van der Waals surface area contributed by atoms with Gasteiger partial charge in [0.05, 0.1) is 19.1 Å². The fraction of sp³-hybridized carbons (Fsp3) is 0.171. The average molecular weight is 559 g/mol. The van der Waals surface area contributed by atoms with Gasteiger partial charge in [0.2, 0.25) is 5.91 Å². The topological polar surface area (TPSA) is 75.7 Å². The molecule has 0 bridgehead atoms. The van der Waals surface area contributed by atoms with Gasteiger partial charge in [0, 0.05) is 23.0 Å². The fourth-order valence-electron chi connectivity index (χ4n) is 7.06. The van der Waals surface area contributed by atoms with Gasteiger partial charge in [0.15, 0.2) is 23.1 Å². The van der Waals surface area contributed by atoms with Gasteiger partial charge in [-0.1, -0.05) is 72.3 Å². The summed E-state index contributed by atoms with van der Waals surface area (Å²) in [6.45, 7) is 1.93. The molecule has 3 aliphatic heterocycles. The number of amides is 1. The van der Waals surface area contributed by atoms with Crippen LogP contribution >= 0.6 is 0 Å². The number of nitrogens with zero attached hydrogens (tertiary/aromatic N) is 1. The lowest BCUT2D eigenvalue weighted by molar-refractivity contribution is -0.122. The molecule has 0 aliphatic carbocycles. The maximum absolute atomic E-state index is 15.0. The zero-order chi connectivity index (χ0) is 29.2. The van der Waals surface area contributed by atoms with E-state index in [0.717, 1.165) is 22.8 Å². The Morgan fingerprint density at radius 3 is 2.38 bits per heavy atom. The van der Waals surface area contributed by atoms with E-state index in [1.54, 1.807) is 18.2 Å². The maximum Gasteiger partial charge on any atom is 0.238 e. The van der Waals surface area contributed by atoms with Crippen LogP contribution in [-0.4, -0.2) is 35.5 Å². The van der Waals surface area contributed by atoms with E-state index in [1.807, 2.05) is 78.7 Å². The second-order valence-corrected chi connectivity index (χ2v) is 11.0.